The molecule has 3 N–H and O–H groups in total. The third-order valence-electron chi connectivity index (χ3n) is 3.14. The lowest BCUT2D eigenvalue weighted by atomic mass is 9.86. The van der Waals surface area contributed by atoms with Gasteiger partial charge in [-0.3, -0.25) is 0 Å². The van der Waals surface area contributed by atoms with Gasteiger partial charge in [0.25, 0.3) is 5.60 Å². The second kappa shape index (κ2) is 4.52. The molecular formula is C13H9F6NO. The Morgan fingerprint density at radius 1 is 0.810 bits per heavy atom. The predicted octanol–water partition coefficient (Wildman–Crippen LogP) is 3.73. The zero-order valence-electron chi connectivity index (χ0n) is 10.3. The van der Waals surface area contributed by atoms with Crippen molar-refractivity contribution >= 4 is 16.5 Å². The Bertz CT molecular complexity index is 662. The Balaban J connectivity index is 2.94. The Morgan fingerprint density at radius 2 is 1.33 bits per heavy atom. The quantitative estimate of drug-likeness (QED) is 0.623. The first kappa shape index (κ1) is 15.4. The molecule has 0 amide bonds. The van der Waals surface area contributed by atoms with Crippen molar-refractivity contribution in [3.63, 3.8) is 0 Å². The number of benzene rings is 2. The van der Waals surface area contributed by atoms with Crippen molar-refractivity contribution in [2.24, 2.45) is 0 Å². The van der Waals surface area contributed by atoms with Crippen LogP contribution >= 0.6 is 0 Å². The maximum absolute atomic E-state index is 13.0. The van der Waals surface area contributed by atoms with Crippen LogP contribution in [-0.4, -0.2) is 17.5 Å². The summed E-state index contributed by atoms with van der Waals surface area (Å²) >= 11 is 0. The maximum Gasteiger partial charge on any atom is 0.430 e. The van der Waals surface area contributed by atoms with Crippen LogP contribution in [0.2, 0.25) is 0 Å². The van der Waals surface area contributed by atoms with Gasteiger partial charge in [-0.15, -0.1) is 0 Å². The van der Waals surface area contributed by atoms with E-state index in [0.717, 1.165) is 12.1 Å². The van der Waals surface area contributed by atoms with Crippen LogP contribution in [0.15, 0.2) is 36.4 Å². The topological polar surface area (TPSA) is 46.2 Å². The van der Waals surface area contributed by atoms with E-state index in [1.165, 1.54) is 24.3 Å². The first-order valence-corrected chi connectivity index (χ1v) is 5.63. The molecule has 21 heavy (non-hydrogen) atoms. The molecule has 0 saturated heterocycles. The van der Waals surface area contributed by atoms with E-state index in [1.54, 1.807) is 0 Å². The van der Waals surface area contributed by atoms with Gasteiger partial charge in [-0.2, -0.15) is 26.3 Å². The number of nitrogens with two attached hydrogens (primary N) is 1. The smallest absolute Gasteiger partial charge is 0.398 e. The van der Waals surface area contributed by atoms with Gasteiger partial charge in [-0.1, -0.05) is 30.3 Å². The second-order valence-corrected chi connectivity index (χ2v) is 4.46. The normalized spacial score (nSPS) is 13.7. The van der Waals surface area contributed by atoms with E-state index in [1.807, 2.05) is 0 Å². The summed E-state index contributed by atoms with van der Waals surface area (Å²) < 4.78 is 77.8. The molecule has 2 aromatic carbocycles. The molecule has 0 bridgehead atoms. The van der Waals surface area contributed by atoms with Crippen molar-refractivity contribution in [2.45, 2.75) is 18.0 Å². The fourth-order valence-electron chi connectivity index (χ4n) is 2.14. The molecule has 8 heteroatoms. The van der Waals surface area contributed by atoms with Gasteiger partial charge in [-0.25, -0.2) is 0 Å². The first-order valence-electron chi connectivity index (χ1n) is 5.63. The highest BCUT2D eigenvalue weighted by molar-refractivity contribution is 5.90. The largest absolute Gasteiger partial charge is 0.430 e. The summed E-state index contributed by atoms with van der Waals surface area (Å²) in [6, 6.07) is 7.26. The highest BCUT2D eigenvalue weighted by Crippen LogP contribution is 2.53. The number of hydrogen-bond acceptors (Lipinski definition) is 2. The lowest BCUT2D eigenvalue weighted by Crippen LogP contribution is -2.54. The molecule has 2 nitrogen and oxygen atoms in total. The van der Waals surface area contributed by atoms with Crippen molar-refractivity contribution in [1.29, 1.82) is 0 Å². The first-order chi connectivity index (χ1) is 9.50. The summed E-state index contributed by atoms with van der Waals surface area (Å²) in [4.78, 5) is 0. The van der Waals surface area contributed by atoms with Crippen LogP contribution in [-0.2, 0) is 5.60 Å². The predicted molar refractivity (Wildman–Crippen MR) is 64.4 cm³/mol. The van der Waals surface area contributed by atoms with E-state index < -0.39 is 34.6 Å². The molecule has 0 radical (unpaired) electrons. The monoisotopic (exact) mass is 309 g/mol. The molecule has 114 valence electrons. The molecule has 2 rings (SSSR count). The average Bonchev–Trinajstić information content (AvgIpc) is 2.35. The highest BCUT2D eigenvalue weighted by atomic mass is 19.4. The fraction of sp³-hybridized carbons (Fsp3) is 0.231. The van der Waals surface area contributed by atoms with E-state index in [2.05, 4.69) is 0 Å². The molecule has 0 aliphatic heterocycles. The van der Waals surface area contributed by atoms with Gasteiger partial charge in [0.2, 0.25) is 0 Å². The Kier molecular flexibility index (Phi) is 3.32. The molecule has 0 spiro atoms. The lowest BCUT2D eigenvalue weighted by Gasteiger charge is -2.34. The Morgan fingerprint density at radius 3 is 1.86 bits per heavy atom. The molecule has 0 fully saturated rings. The van der Waals surface area contributed by atoms with E-state index in [0.29, 0.717) is 0 Å². The highest BCUT2D eigenvalue weighted by Gasteiger charge is 2.72. The fourth-order valence-corrected chi connectivity index (χ4v) is 2.14. The number of halogens is 6. The van der Waals surface area contributed by atoms with Gasteiger partial charge in [0.1, 0.15) is 0 Å². The molecule has 0 saturated carbocycles. The van der Waals surface area contributed by atoms with Crippen molar-refractivity contribution in [3.8, 4) is 0 Å². The number of anilines is 1. The minimum absolute atomic E-state index is 0.105. The molecule has 0 aliphatic rings. The summed E-state index contributed by atoms with van der Waals surface area (Å²) in [5.41, 5.74) is -1.92. The lowest BCUT2D eigenvalue weighted by molar-refractivity contribution is -0.375. The van der Waals surface area contributed by atoms with Gasteiger partial charge in [0.05, 0.1) is 0 Å². The third-order valence-corrected chi connectivity index (χ3v) is 3.14. The van der Waals surface area contributed by atoms with Gasteiger partial charge in [-0.05, 0) is 16.8 Å². The number of alkyl halides is 6. The Labute approximate surface area is 114 Å². The summed E-state index contributed by atoms with van der Waals surface area (Å²) in [6.45, 7) is 0. The Hall–Kier alpha value is -1.96. The van der Waals surface area contributed by atoms with Crippen LogP contribution < -0.4 is 5.73 Å². The molecular weight excluding hydrogens is 300 g/mol. The summed E-state index contributed by atoms with van der Waals surface area (Å²) in [6.07, 6.45) is -11.9. The third kappa shape index (κ3) is 2.19. The molecule has 0 aromatic heterocycles. The molecule has 2 aromatic rings. The summed E-state index contributed by atoms with van der Waals surface area (Å²) in [5.74, 6) is 0. The number of nitrogen functional groups attached to an aromatic ring is 1. The van der Waals surface area contributed by atoms with Crippen molar-refractivity contribution in [1.82, 2.24) is 0 Å². The van der Waals surface area contributed by atoms with Gasteiger partial charge in [0.15, 0.2) is 0 Å². The van der Waals surface area contributed by atoms with Crippen LogP contribution in [0, 0.1) is 0 Å². The van der Waals surface area contributed by atoms with Crippen molar-refractivity contribution < 1.29 is 31.4 Å². The SMILES string of the molecule is Nc1ccc2ccccc2c1C(O)(C(F)(F)F)C(F)(F)F. The number of hydrogen-bond donors (Lipinski definition) is 2. The number of aliphatic hydroxyl groups is 1. The summed E-state index contributed by atoms with van der Waals surface area (Å²) in [5, 5.41) is 9.20. The van der Waals surface area contributed by atoms with Crippen molar-refractivity contribution in [3.05, 3.63) is 42.0 Å². The summed E-state index contributed by atoms with van der Waals surface area (Å²) in [7, 11) is 0. The van der Waals surface area contributed by atoms with E-state index >= 15 is 0 Å². The van der Waals surface area contributed by atoms with Gasteiger partial charge < -0.3 is 10.8 Å². The van der Waals surface area contributed by atoms with Gasteiger partial charge >= 0.3 is 12.4 Å². The minimum atomic E-state index is -5.97. The van der Waals surface area contributed by atoms with Crippen LogP contribution in [0.5, 0.6) is 0 Å². The maximum atomic E-state index is 13.0. The van der Waals surface area contributed by atoms with Crippen LogP contribution in [0.4, 0.5) is 32.0 Å². The van der Waals surface area contributed by atoms with Crippen LogP contribution in [0.1, 0.15) is 5.56 Å². The van der Waals surface area contributed by atoms with Crippen molar-refractivity contribution in [2.75, 3.05) is 5.73 Å². The van der Waals surface area contributed by atoms with Crippen LogP contribution in [0.3, 0.4) is 0 Å². The van der Waals surface area contributed by atoms with E-state index in [4.69, 9.17) is 5.73 Å². The number of fused-ring (bicyclic) bond motifs is 1. The zero-order valence-corrected chi connectivity index (χ0v) is 10.3. The molecule has 0 unspecified atom stereocenters. The molecule has 0 aliphatic carbocycles. The molecule has 0 atom stereocenters. The zero-order chi connectivity index (χ0) is 16.1. The molecule has 0 heterocycles. The average molecular weight is 309 g/mol. The standard InChI is InChI=1S/C13H9F6NO/c14-12(15,16)11(21,13(17,18)19)10-8-4-2-1-3-7(8)5-6-9(10)20/h1-6,21H,20H2. The minimum Gasteiger partial charge on any atom is -0.398 e. The van der Waals surface area contributed by atoms with Gasteiger partial charge in [0, 0.05) is 11.3 Å². The number of rotatable bonds is 1. The van der Waals surface area contributed by atoms with Crippen LogP contribution in [0.25, 0.3) is 10.8 Å². The second-order valence-electron chi connectivity index (χ2n) is 4.46. The van der Waals surface area contributed by atoms with E-state index in [9.17, 15) is 31.4 Å². The van der Waals surface area contributed by atoms with E-state index in [-0.39, 0.29) is 5.39 Å².